The zero-order chi connectivity index (χ0) is 13.4. The summed E-state index contributed by atoms with van der Waals surface area (Å²) in [6.45, 7) is 0.918. The summed E-state index contributed by atoms with van der Waals surface area (Å²) in [4.78, 5) is 38.0. The van der Waals surface area contributed by atoms with Gasteiger partial charge < -0.3 is 14.6 Å². The van der Waals surface area contributed by atoms with E-state index in [0.29, 0.717) is 19.5 Å². The number of nitrogens with one attached hydrogen (secondary N) is 1. The fraction of sp³-hybridized carbons (Fsp3) is 0.417. The zero-order valence-electron chi connectivity index (χ0n) is 10.2. The van der Waals surface area contributed by atoms with Gasteiger partial charge in [-0.05, 0) is 18.6 Å². The van der Waals surface area contributed by atoms with Gasteiger partial charge in [0.1, 0.15) is 0 Å². The summed E-state index contributed by atoms with van der Waals surface area (Å²) in [5.74, 6) is -0.167. The Morgan fingerprint density at radius 2 is 2.26 bits per heavy atom. The number of imide groups is 1. The topological polar surface area (TPSA) is 82.9 Å². The molecule has 2 saturated heterocycles. The highest BCUT2D eigenvalue weighted by Crippen LogP contribution is 2.20. The van der Waals surface area contributed by atoms with E-state index in [0.717, 1.165) is 0 Å². The van der Waals surface area contributed by atoms with Crippen molar-refractivity contribution in [1.82, 2.24) is 15.1 Å². The number of rotatable bonds is 2. The van der Waals surface area contributed by atoms with Crippen LogP contribution in [0.15, 0.2) is 22.8 Å². The van der Waals surface area contributed by atoms with E-state index < -0.39 is 0 Å². The third-order valence-electron chi connectivity index (χ3n) is 3.43. The summed E-state index contributed by atoms with van der Waals surface area (Å²) in [6.07, 6.45) is 2.05. The molecule has 2 aliphatic heterocycles. The number of carbonyl (C=O) groups excluding carboxylic acids is 3. The van der Waals surface area contributed by atoms with Gasteiger partial charge in [-0.3, -0.25) is 14.5 Å². The first-order chi connectivity index (χ1) is 9.16. The standard InChI is InChI=1S/C12H13N3O4/c16-10-6-13-12(18)15(10)8-3-4-14(7-8)11(17)9-2-1-5-19-9/h1-2,5,8H,3-4,6-7H2,(H,13,18). The van der Waals surface area contributed by atoms with E-state index in [1.807, 2.05) is 0 Å². The van der Waals surface area contributed by atoms with Crippen LogP contribution in [-0.2, 0) is 4.79 Å². The minimum absolute atomic E-state index is 0.0431. The van der Waals surface area contributed by atoms with Gasteiger partial charge in [-0.2, -0.15) is 0 Å². The summed E-state index contributed by atoms with van der Waals surface area (Å²) in [7, 11) is 0. The quantitative estimate of drug-likeness (QED) is 0.764. The van der Waals surface area contributed by atoms with Crippen LogP contribution in [0.2, 0.25) is 0 Å². The van der Waals surface area contributed by atoms with Crippen LogP contribution in [0, 0.1) is 0 Å². The van der Waals surface area contributed by atoms with Crippen molar-refractivity contribution >= 4 is 17.8 Å². The minimum atomic E-state index is -0.373. The van der Waals surface area contributed by atoms with Gasteiger partial charge in [0.2, 0.25) is 5.91 Å². The van der Waals surface area contributed by atoms with Crippen molar-refractivity contribution in [2.45, 2.75) is 12.5 Å². The molecule has 2 aliphatic rings. The largest absolute Gasteiger partial charge is 0.459 e. The first-order valence-electron chi connectivity index (χ1n) is 6.09. The second-order valence-corrected chi connectivity index (χ2v) is 4.59. The van der Waals surface area contributed by atoms with Gasteiger partial charge in [0.05, 0.1) is 18.8 Å². The van der Waals surface area contributed by atoms with E-state index >= 15 is 0 Å². The summed E-state index contributed by atoms with van der Waals surface area (Å²) in [5.41, 5.74) is 0. The Morgan fingerprint density at radius 1 is 1.42 bits per heavy atom. The zero-order valence-corrected chi connectivity index (χ0v) is 10.2. The van der Waals surface area contributed by atoms with Gasteiger partial charge in [0.15, 0.2) is 5.76 Å². The van der Waals surface area contributed by atoms with Gasteiger partial charge in [-0.15, -0.1) is 0 Å². The molecule has 0 bridgehead atoms. The third kappa shape index (κ3) is 1.96. The molecule has 0 aromatic carbocycles. The molecule has 4 amide bonds. The average molecular weight is 263 g/mol. The molecule has 0 saturated carbocycles. The van der Waals surface area contributed by atoms with Crippen LogP contribution < -0.4 is 5.32 Å². The van der Waals surface area contributed by atoms with Crippen LogP contribution in [0.1, 0.15) is 17.0 Å². The highest BCUT2D eigenvalue weighted by Gasteiger charge is 2.40. The Labute approximate surface area is 109 Å². The number of carbonyl (C=O) groups is 3. The maximum Gasteiger partial charge on any atom is 0.324 e. The van der Waals surface area contributed by atoms with E-state index in [1.165, 1.54) is 11.2 Å². The van der Waals surface area contributed by atoms with Gasteiger partial charge in [0.25, 0.3) is 5.91 Å². The van der Waals surface area contributed by atoms with Gasteiger partial charge in [-0.25, -0.2) is 4.79 Å². The highest BCUT2D eigenvalue weighted by molar-refractivity contribution is 6.02. The second-order valence-electron chi connectivity index (χ2n) is 4.59. The molecule has 19 heavy (non-hydrogen) atoms. The normalized spacial score (nSPS) is 23.1. The van der Waals surface area contributed by atoms with Crippen LogP contribution in [0.5, 0.6) is 0 Å². The molecule has 1 atom stereocenters. The van der Waals surface area contributed by atoms with Gasteiger partial charge in [0, 0.05) is 13.1 Å². The van der Waals surface area contributed by atoms with Crippen molar-refractivity contribution in [2.75, 3.05) is 19.6 Å². The third-order valence-corrected chi connectivity index (χ3v) is 3.43. The Kier molecular flexibility index (Phi) is 2.73. The smallest absolute Gasteiger partial charge is 0.324 e. The Bertz CT molecular complexity index is 509. The molecular weight excluding hydrogens is 250 g/mol. The lowest BCUT2D eigenvalue weighted by Crippen LogP contribution is -2.42. The van der Waals surface area contributed by atoms with Crippen molar-refractivity contribution in [1.29, 1.82) is 0 Å². The van der Waals surface area contributed by atoms with Crippen LogP contribution in [0.3, 0.4) is 0 Å². The van der Waals surface area contributed by atoms with E-state index in [2.05, 4.69) is 5.32 Å². The number of hydrogen-bond acceptors (Lipinski definition) is 4. The summed E-state index contributed by atoms with van der Waals surface area (Å²) < 4.78 is 5.06. The predicted octanol–water partition coefficient (Wildman–Crippen LogP) is 0.0459. The highest BCUT2D eigenvalue weighted by atomic mass is 16.3. The molecule has 7 heteroatoms. The first-order valence-corrected chi connectivity index (χ1v) is 6.09. The molecular formula is C12H13N3O4. The van der Waals surface area contributed by atoms with Crippen molar-refractivity contribution in [3.05, 3.63) is 24.2 Å². The Hall–Kier alpha value is -2.31. The molecule has 0 spiro atoms. The fourth-order valence-corrected chi connectivity index (χ4v) is 2.50. The van der Waals surface area contributed by atoms with Crippen LogP contribution in [-0.4, -0.2) is 53.3 Å². The molecule has 1 aromatic heterocycles. The molecule has 0 aliphatic carbocycles. The van der Waals surface area contributed by atoms with Crippen LogP contribution >= 0.6 is 0 Å². The number of furan rings is 1. The lowest BCUT2D eigenvalue weighted by Gasteiger charge is -2.21. The average Bonchev–Trinajstić information content (AvgIpc) is 3.10. The predicted molar refractivity (Wildman–Crippen MR) is 63.3 cm³/mol. The number of nitrogens with zero attached hydrogens (tertiary/aromatic N) is 2. The molecule has 7 nitrogen and oxygen atoms in total. The van der Waals surface area contributed by atoms with Crippen LogP contribution in [0.25, 0.3) is 0 Å². The van der Waals surface area contributed by atoms with E-state index in [9.17, 15) is 14.4 Å². The Morgan fingerprint density at radius 3 is 2.89 bits per heavy atom. The molecule has 3 rings (SSSR count). The summed E-state index contributed by atoms with van der Waals surface area (Å²) >= 11 is 0. The Balaban J connectivity index is 1.69. The number of urea groups is 1. The monoisotopic (exact) mass is 263 g/mol. The van der Waals surface area contributed by atoms with Crippen molar-refractivity contribution in [2.24, 2.45) is 0 Å². The van der Waals surface area contributed by atoms with E-state index in [4.69, 9.17) is 4.42 Å². The lowest BCUT2D eigenvalue weighted by molar-refractivity contribution is -0.126. The summed E-state index contributed by atoms with van der Waals surface area (Å²) in [6, 6.07) is 2.64. The molecule has 1 aromatic rings. The molecule has 1 N–H and O–H groups in total. The number of amides is 4. The van der Waals surface area contributed by atoms with Gasteiger partial charge >= 0.3 is 6.03 Å². The molecule has 0 radical (unpaired) electrons. The van der Waals surface area contributed by atoms with Crippen molar-refractivity contribution in [3.8, 4) is 0 Å². The summed E-state index contributed by atoms with van der Waals surface area (Å²) in [5, 5.41) is 2.48. The van der Waals surface area contributed by atoms with Crippen molar-refractivity contribution in [3.63, 3.8) is 0 Å². The van der Waals surface area contributed by atoms with Gasteiger partial charge in [-0.1, -0.05) is 0 Å². The maximum absolute atomic E-state index is 12.1. The molecule has 100 valence electrons. The minimum Gasteiger partial charge on any atom is -0.459 e. The maximum atomic E-state index is 12.1. The van der Waals surface area contributed by atoms with E-state index in [1.54, 1.807) is 17.0 Å². The molecule has 2 fully saturated rings. The lowest BCUT2D eigenvalue weighted by atomic mass is 10.2. The van der Waals surface area contributed by atoms with E-state index in [-0.39, 0.29) is 36.2 Å². The van der Waals surface area contributed by atoms with Crippen LogP contribution in [0.4, 0.5) is 4.79 Å². The second kappa shape index (κ2) is 4.42. The molecule has 1 unspecified atom stereocenters. The fourth-order valence-electron chi connectivity index (χ4n) is 2.50. The molecule has 3 heterocycles. The van der Waals surface area contributed by atoms with Crippen molar-refractivity contribution < 1.29 is 18.8 Å². The first kappa shape index (κ1) is 11.8. The number of likely N-dealkylation sites (tertiary alicyclic amines) is 1. The SMILES string of the molecule is O=C(c1ccco1)N1CCC(N2C(=O)CNC2=O)C1. The number of hydrogen-bond donors (Lipinski definition) is 1.